The minimum absolute atomic E-state index is 0.0272. The summed E-state index contributed by atoms with van der Waals surface area (Å²) in [6.45, 7) is 0.750. The van der Waals surface area contributed by atoms with Crippen LogP contribution in [0.1, 0.15) is 23.1 Å². The first kappa shape index (κ1) is 23.8. The van der Waals surface area contributed by atoms with Gasteiger partial charge in [-0.3, -0.25) is 4.57 Å². The second-order valence-corrected chi connectivity index (χ2v) is 9.62. The average Bonchev–Trinajstić information content (AvgIpc) is 3.68. The van der Waals surface area contributed by atoms with Gasteiger partial charge in [-0.05, 0) is 60.4 Å². The Hall–Kier alpha value is -4.61. The van der Waals surface area contributed by atoms with Crippen LogP contribution in [0, 0.1) is 11.3 Å². The van der Waals surface area contributed by atoms with Gasteiger partial charge in [0.1, 0.15) is 12.9 Å². The molecular weight excluding hydrogens is 478 g/mol. The maximum absolute atomic E-state index is 13.1. The third kappa shape index (κ3) is 4.49. The van der Waals surface area contributed by atoms with Gasteiger partial charge < -0.3 is 19.4 Å². The Morgan fingerprint density at radius 2 is 2.03 bits per heavy atom. The van der Waals surface area contributed by atoms with E-state index < -0.39 is 0 Å². The van der Waals surface area contributed by atoms with Gasteiger partial charge in [-0.15, -0.1) is 0 Å². The zero-order valence-electron chi connectivity index (χ0n) is 21.0. The molecule has 8 nitrogen and oxygen atoms in total. The molecule has 2 aromatic heterocycles. The van der Waals surface area contributed by atoms with Gasteiger partial charge in [-0.2, -0.15) is 5.26 Å². The van der Waals surface area contributed by atoms with Crippen LogP contribution in [0.2, 0.25) is 0 Å². The second-order valence-electron chi connectivity index (χ2n) is 9.62. The molecule has 3 aromatic carbocycles. The normalized spacial score (nSPS) is 17.2. The number of hydrogen-bond acceptors (Lipinski definition) is 5. The fourth-order valence-corrected chi connectivity index (χ4v) is 5.29. The number of carbonyl (C=O) groups excluding carboxylic acids is 1. The molecule has 0 spiro atoms. The van der Waals surface area contributed by atoms with Crippen LogP contribution in [0.4, 0.5) is 4.79 Å². The van der Waals surface area contributed by atoms with E-state index >= 15 is 0 Å². The number of ether oxygens (including phenoxy) is 2. The number of amides is 1. The molecule has 3 heterocycles. The average molecular weight is 506 g/mol. The van der Waals surface area contributed by atoms with Crippen molar-refractivity contribution in [2.24, 2.45) is 0 Å². The summed E-state index contributed by atoms with van der Waals surface area (Å²) in [5.41, 5.74) is 6.39. The molecular formula is C30H27N5O3. The van der Waals surface area contributed by atoms with E-state index in [1.165, 1.54) is 0 Å². The van der Waals surface area contributed by atoms with Crippen molar-refractivity contribution < 1.29 is 14.3 Å². The molecule has 2 atom stereocenters. The molecule has 1 aliphatic rings. The van der Waals surface area contributed by atoms with Gasteiger partial charge >= 0.3 is 6.09 Å². The van der Waals surface area contributed by atoms with Crippen molar-refractivity contribution in [1.29, 1.82) is 5.26 Å². The highest BCUT2D eigenvalue weighted by molar-refractivity contribution is 5.87. The van der Waals surface area contributed by atoms with Crippen LogP contribution in [-0.4, -0.2) is 51.3 Å². The predicted molar refractivity (Wildman–Crippen MR) is 144 cm³/mol. The summed E-state index contributed by atoms with van der Waals surface area (Å²) in [7, 11) is 1.69. The molecule has 0 bridgehead atoms. The SMILES string of the molecule is CO[C@@H]1C[C@@H](Cc2c[nH]c3ccc(-n4cnc5cc(C#N)ccc54)cc23)N(C(=O)OCc2ccccc2)C1. The molecule has 1 amide bonds. The Balaban J connectivity index is 1.25. The Morgan fingerprint density at radius 3 is 2.84 bits per heavy atom. The number of H-pyrrole nitrogens is 1. The molecule has 1 aliphatic heterocycles. The molecule has 0 radical (unpaired) electrons. The van der Waals surface area contributed by atoms with E-state index in [9.17, 15) is 10.1 Å². The Bertz CT molecular complexity index is 1650. The number of nitrogens with zero attached hydrogens (tertiary/aromatic N) is 4. The van der Waals surface area contributed by atoms with E-state index in [1.54, 1.807) is 30.5 Å². The van der Waals surface area contributed by atoms with Gasteiger partial charge in [0.05, 0.1) is 35.3 Å². The van der Waals surface area contributed by atoms with Crippen molar-refractivity contribution in [1.82, 2.24) is 19.4 Å². The van der Waals surface area contributed by atoms with E-state index in [0.717, 1.165) is 45.2 Å². The summed E-state index contributed by atoms with van der Waals surface area (Å²) in [4.78, 5) is 22.7. The molecule has 0 aliphatic carbocycles. The molecule has 1 fully saturated rings. The molecule has 190 valence electrons. The lowest BCUT2D eigenvalue weighted by Gasteiger charge is -2.23. The van der Waals surface area contributed by atoms with Gasteiger partial charge in [0.25, 0.3) is 0 Å². The van der Waals surface area contributed by atoms with Crippen molar-refractivity contribution in [3.63, 3.8) is 0 Å². The lowest BCUT2D eigenvalue weighted by molar-refractivity contribution is 0.0801. The highest BCUT2D eigenvalue weighted by atomic mass is 16.6. The monoisotopic (exact) mass is 505 g/mol. The number of likely N-dealkylation sites (tertiary alicyclic amines) is 1. The van der Waals surface area contributed by atoms with Crippen LogP contribution in [-0.2, 0) is 22.5 Å². The maximum Gasteiger partial charge on any atom is 0.410 e. The highest BCUT2D eigenvalue weighted by Crippen LogP contribution is 2.30. The van der Waals surface area contributed by atoms with Crippen LogP contribution in [0.3, 0.4) is 0 Å². The number of aromatic amines is 1. The number of imidazole rings is 1. The lowest BCUT2D eigenvalue weighted by atomic mass is 10.0. The number of fused-ring (bicyclic) bond motifs is 2. The lowest BCUT2D eigenvalue weighted by Crippen LogP contribution is -2.37. The molecule has 0 unspecified atom stereocenters. The van der Waals surface area contributed by atoms with E-state index in [-0.39, 0.29) is 24.8 Å². The molecule has 38 heavy (non-hydrogen) atoms. The molecule has 6 rings (SSSR count). The summed E-state index contributed by atoms with van der Waals surface area (Å²) in [5, 5.41) is 10.3. The minimum Gasteiger partial charge on any atom is -0.445 e. The van der Waals surface area contributed by atoms with Crippen LogP contribution in [0.25, 0.3) is 27.6 Å². The molecule has 0 saturated carbocycles. The number of nitrogens with one attached hydrogen (secondary N) is 1. The first-order valence-corrected chi connectivity index (χ1v) is 12.6. The number of carbonyl (C=O) groups is 1. The van der Waals surface area contributed by atoms with Crippen molar-refractivity contribution in [2.45, 2.75) is 31.6 Å². The fraction of sp³-hybridized carbons (Fsp3) is 0.233. The summed E-state index contributed by atoms with van der Waals surface area (Å²) in [6.07, 6.45) is 4.88. The van der Waals surface area contributed by atoms with Crippen LogP contribution in [0.15, 0.2) is 79.3 Å². The highest BCUT2D eigenvalue weighted by Gasteiger charge is 2.36. The number of benzene rings is 3. The number of methoxy groups -OCH3 is 1. The zero-order valence-corrected chi connectivity index (χ0v) is 21.0. The summed E-state index contributed by atoms with van der Waals surface area (Å²) in [6, 6.07) is 23.6. The van der Waals surface area contributed by atoms with Crippen molar-refractivity contribution >= 4 is 28.0 Å². The van der Waals surface area contributed by atoms with Gasteiger partial charge in [-0.25, -0.2) is 9.78 Å². The standard InChI is InChI=1S/C30H27N5O3/c1-37-25-13-24(34(17-25)30(36)38-18-20-5-3-2-4-6-20)12-22-16-32-27-9-8-23(14-26(22)27)35-19-33-28-11-21(15-31)7-10-29(28)35/h2-11,14,16,19,24-25,32H,12-13,17-18H2,1H3/t24-,25-/m1/s1. The fourth-order valence-electron chi connectivity index (χ4n) is 5.29. The predicted octanol–water partition coefficient (Wildman–Crippen LogP) is 5.35. The summed E-state index contributed by atoms with van der Waals surface area (Å²) >= 11 is 0. The van der Waals surface area contributed by atoms with Gasteiger partial charge in [-0.1, -0.05) is 30.3 Å². The third-order valence-corrected chi connectivity index (χ3v) is 7.31. The maximum atomic E-state index is 13.1. The zero-order chi connectivity index (χ0) is 26.1. The van der Waals surface area contributed by atoms with Crippen molar-refractivity contribution in [3.8, 4) is 11.8 Å². The van der Waals surface area contributed by atoms with Crippen molar-refractivity contribution in [2.75, 3.05) is 13.7 Å². The molecule has 5 aromatic rings. The van der Waals surface area contributed by atoms with Crippen LogP contribution < -0.4 is 0 Å². The number of aromatic nitrogens is 3. The smallest absolute Gasteiger partial charge is 0.410 e. The largest absolute Gasteiger partial charge is 0.445 e. The van der Waals surface area contributed by atoms with E-state index in [2.05, 4.69) is 28.2 Å². The third-order valence-electron chi connectivity index (χ3n) is 7.31. The Morgan fingerprint density at radius 1 is 1.16 bits per heavy atom. The number of nitriles is 1. The second kappa shape index (κ2) is 10.0. The topological polar surface area (TPSA) is 96.2 Å². The van der Waals surface area contributed by atoms with Gasteiger partial charge in [0, 0.05) is 35.9 Å². The van der Waals surface area contributed by atoms with Gasteiger partial charge in [0.15, 0.2) is 0 Å². The summed E-state index contributed by atoms with van der Waals surface area (Å²) in [5.74, 6) is 0. The first-order chi connectivity index (χ1) is 18.6. The number of rotatable bonds is 6. The van der Waals surface area contributed by atoms with E-state index in [1.807, 2.05) is 53.2 Å². The van der Waals surface area contributed by atoms with E-state index in [0.29, 0.717) is 18.5 Å². The van der Waals surface area contributed by atoms with Crippen molar-refractivity contribution in [3.05, 3.63) is 95.9 Å². The van der Waals surface area contributed by atoms with E-state index in [4.69, 9.17) is 9.47 Å². The number of hydrogen-bond donors (Lipinski definition) is 1. The Kier molecular flexibility index (Phi) is 6.28. The molecule has 8 heteroatoms. The quantitative estimate of drug-likeness (QED) is 0.336. The minimum atomic E-state index is -0.319. The molecule has 1 N–H and O–H groups in total. The molecule has 1 saturated heterocycles. The van der Waals surface area contributed by atoms with Crippen LogP contribution >= 0.6 is 0 Å². The first-order valence-electron chi connectivity index (χ1n) is 12.6. The van der Waals surface area contributed by atoms with Crippen LogP contribution in [0.5, 0.6) is 0 Å². The van der Waals surface area contributed by atoms with Gasteiger partial charge in [0.2, 0.25) is 0 Å². The Labute approximate surface area is 220 Å². The summed E-state index contributed by atoms with van der Waals surface area (Å²) < 4.78 is 13.3.